The van der Waals surface area contributed by atoms with E-state index >= 15 is 0 Å². The summed E-state index contributed by atoms with van der Waals surface area (Å²) in [5.74, 6) is 0.773. The quantitative estimate of drug-likeness (QED) is 0.784. The van der Waals surface area contributed by atoms with Crippen molar-refractivity contribution < 1.29 is 4.42 Å². The van der Waals surface area contributed by atoms with E-state index in [1.54, 1.807) is 16.9 Å². The molecule has 22 heavy (non-hydrogen) atoms. The van der Waals surface area contributed by atoms with Crippen molar-refractivity contribution in [2.45, 2.75) is 20.0 Å². The lowest BCUT2D eigenvalue weighted by Gasteiger charge is -2.12. The van der Waals surface area contributed by atoms with Gasteiger partial charge in [0.1, 0.15) is 5.76 Å². The molecule has 0 aliphatic rings. The number of nitrogens with zero attached hydrogens (tertiary/aromatic N) is 1. The van der Waals surface area contributed by atoms with Crippen LogP contribution in [0.1, 0.15) is 17.0 Å². The molecule has 3 aromatic rings. The van der Waals surface area contributed by atoms with E-state index in [1.807, 2.05) is 43.3 Å². The van der Waals surface area contributed by atoms with E-state index in [-0.39, 0.29) is 5.56 Å². The molecule has 1 N–H and O–H groups in total. The number of anilines is 1. The number of nitrogens with one attached hydrogen (secondary N) is 1. The summed E-state index contributed by atoms with van der Waals surface area (Å²) >= 11 is 0. The third kappa shape index (κ3) is 3.28. The molecule has 1 aromatic carbocycles. The lowest BCUT2D eigenvalue weighted by atomic mass is 10.2. The second-order valence-electron chi connectivity index (χ2n) is 5.23. The molecule has 0 unspecified atom stereocenters. The summed E-state index contributed by atoms with van der Waals surface area (Å²) < 4.78 is 7.01. The van der Waals surface area contributed by atoms with E-state index in [0.29, 0.717) is 13.1 Å². The van der Waals surface area contributed by atoms with Crippen LogP contribution in [0.2, 0.25) is 0 Å². The van der Waals surface area contributed by atoms with Crippen LogP contribution >= 0.6 is 0 Å². The number of aryl methyl sites for hydroxylation is 1. The van der Waals surface area contributed by atoms with Crippen LogP contribution in [0, 0.1) is 6.92 Å². The number of hydrogen-bond acceptors (Lipinski definition) is 3. The summed E-state index contributed by atoms with van der Waals surface area (Å²) in [5, 5.41) is 3.29. The molecular weight excluding hydrogens is 276 g/mol. The van der Waals surface area contributed by atoms with Crippen molar-refractivity contribution in [3.8, 4) is 0 Å². The predicted molar refractivity (Wildman–Crippen MR) is 87.0 cm³/mol. The van der Waals surface area contributed by atoms with E-state index in [1.165, 1.54) is 5.56 Å². The van der Waals surface area contributed by atoms with E-state index < -0.39 is 0 Å². The van der Waals surface area contributed by atoms with Gasteiger partial charge in [-0.1, -0.05) is 30.3 Å². The van der Waals surface area contributed by atoms with Crippen LogP contribution in [-0.2, 0) is 13.1 Å². The van der Waals surface area contributed by atoms with Gasteiger partial charge in [-0.15, -0.1) is 0 Å². The van der Waals surface area contributed by atoms with Crippen LogP contribution in [-0.4, -0.2) is 4.57 Å². The highest BCUT2D eigenvalue weighted by Gasteiger charge is 2.06. The van der Waals surface area contributed by atoms with Crippen molar-refractivity contribution in [2.24, 2.45) is 0 Å². The number of benzene rings is 1. The average Bonchev–Trinajstić information content (AvgIpc) is 3.03. The van der Waals surface area contributed by atoms with E-state index in [4.69, 9.17) is 4.42 Å². The Hall–Kier alpha value is -2.75. The van der Waals surface area contributed by atoms with Gasteiger partial charge in [-0.3, -0.25) is 4.79 Å². The smallest absolute Gasteiger partial charge is 0.253 e. The van der Waals surface area contributed by atoms with Crippen LogP contribution in [0.4, 0.5) is 5.69 Å². The van der Waals surface area contributed by atoms with Gasteiger partial charge in [0.05, 0.1) is 12.8 Å². The van der Waals surface area contributed by atoms with Crippen molar-refractivity contribution in [2.75, 3.05) is 5.32 Å². The Morgan fingerprint density at radius 1 is 1.09 bits per heavy atom. The second kappa shape index (κ2) is 6.35. The maximum absolute atomic E-state index is 12.3. The molecule has 0 saturated carbocycles. The Bertz CT molecular complexity index is 790. The van der Waals surface area contributed by atoms with E-state index in [9.17, 15) is 4.79 Å². The molecule has 0 aliphatic heterocycles. The maximum Gasteiger partial charge on any atom is 0.253 e. The minimum absolute atomic E-state index is 0.0352. The lowest BCUT2D eigenvalue weighted by Crippen LogP contribution is -2.22. The molecule has 0 saturated heterocycles. The summed E-state index contributed by atoms with van der Waals surface area (Å²) in [5.41, 5.74) is 2.88. The molecule has 0 atom stereocenters. The highest BCUT2D eigenvalue weighted by atomic mass is 16.3. The predicted octanol–water partition coefficient (Wildman–Crippen LogP) is 3.41. The Balaban J connectivity index is 1.76. The molecule has 4 heteroatoms. The molecule has 0 fully saturated rings. The summed E-state index contributed by atoms with van der Waals surface area (Å²) in [6, 6.07) is 17.4. The first-order valence-corrected chi connectivity index (χ1v) is 7.24. The van der Waals surface area contributed by atoms with Crippen molar-refractivity contribution >= 4 is 5.69 Å². The van der Waals surface area contributed by atoms with Gasteiger partial charge in [0, 0.05) is 24.0 Å². The Morgan fingerprint density at radius 3 is 2.59 bits per heavy atom. The fraction of sp³-hybridized carbons (Fsp3) is 0.167. The SMILES string of the molecule is Cc1cc(NCc2ccccc2)cc(=O)n1Cc1ccco1. The largest absolute Gasteiger partial charge is 0.467 e. The zero-order valence-corrected chi connectivity index (χ0v) is 12.5. The van der Waals surface area contributed by atoms with Gasteiger partial charge >= 0.3 is 0 Å². The standard InChI is InChI=1S/C18H18N2O2/c1-14-10-16(19-12-15-6-3-2-4-7-15)11-18(21)20(14)13-17-8-5-9-22-17/h2-11,19H,12-13H2,1H3. The van der Waals surface area contributed by atoms with E-state index in [2.05, 4.69) is 17.4 Å². The first-order valence-electron chi connectivity index (χ1n) is 7.24. The van der Waals surface area contributed by atoms with Gasteiger partial charge in [0.15, 0.2) is 0 Å². The first kappa shape index (κ1) is 14.2. The normalized spacial score (nSPS) is 10.6. The minimum Gasteiger partial charge on any atom is -0.467 e. The molecule has 4 nitrogen and oxygen atoms in total. The summed E-state index contributed by atoms with van der Waals surface area (Å²) in [7, 11) is 0. The van der Waals surface area contributed by atoms with Crippen LogP contribution in [0.3, 0.4) is 0 Å². The fourth-order valence-corrected chi connectivity index (χ4v) is 2.39. The summed E-state index contributed by atoms with van der Waals surface area (Å²) in [6.45, 7) is 3.08. The molecule has 0 aliphatic carbocycles. The third-order valence-corrected chi connectivity index (χ3v) is 3.57. The Kier molecular flexibility index (Phi) is 4.10. The molecule has 0 spiro atoms. The highest BCUT2D eigenvalue weighted by Crippen LogP contribution is 2.11. The molecule has 112 valence electrons. The molecule has 2 aromatic heterocycles. The zero-order chi connectivity index (χ0) is 15.4. The molecule has 3 rings (SSSR count). The average molecular weight is 294 g/mol. The van der Waals surface area contributed by atoms with Crippen molar-refractivity contribution in [3.05, 3.63) is 88.2 Å². The van der Waals surface area contributed by atoms with Crippen LogP contribution < -0.4 is 10.9 Å². The van der Waals surface area contributed by atoms with Gasteiger partial charge in [-0.05, 0) is 30.7 Å². The Morgan fingerprint density at radius 2 is 1.91 bits per heavy atom. The van der Waals surface area contributed by atoms with Gasteiger partial charge < -0.3 is 14.3 Å². The maximum atomic E-state index is 12.3. The topological polar surface area (TPSA) is 47.2 Å². The van der Waals surface area contributed by atoms with Crippen molar-refractivity contribution in [3.63, 3.8) is 0 Å². The monoisotopic (exact) mass is 294 g/mol. The number of furan rings is 1. The molecule has 0 amide bonds. The lowest BCUT2D eigenvalue weighted by molar-refractivity contribution is 0.487. The van der Waals surface area contributed by atoms with E-state index in [0.717, 1.165) is 17.1 Å². The highest BCUT2D eigenvalue weighted by molar-refractivity contribution is 5.44. The fourth-order valence-electron chi connectivity index (χ4n) is 2.39. The van der Waals surface area contributed by atoms with Crippen molar-refractivity contribution in [1.82, 2.24) is 4.57 Å². The van der Waals surface area contributed by atoms with Gasteiger partial charge in [0.25, 0.3) is 5.56 Å². The molecule has 2 heterocycles. The van der Waals surface area contributed by atoms with Crippen LogP contribution in [0.25, 0.3) is 0 Å². The molecule has 0 radical (unpaired) electrons. The zero-order valence-electron chi connectivity index (χ0n) is 12.5. The van der Waals surface area contributed by atoms with Crippen molar-refractivity contribution in [1.29, 1.82) is 0 Å². The van der Waals surface area contributed by atoms with Crippen LogP contribution in [0.15, 0.2) is 70.1 Å². The summed E-state index contributed by atoms with van der Waals surface area (Å²) in [6.07, 6.45) is 1.62. The number of hydrogen-bond donors (Lipinski definition) is 1. The Labute approximate surface area is 129 Å². The molecular formula is C18H18N2O2. The second-order valence-corrected chi connectivity index (χ2v) is 5.23. The first-order chi connectivity index (χ1) is 10.7. The van der Waals surface area contributed by atoms with Gasteiger partial charge in [0.2, 0.25) is 0 Å². The van der Waals surface area contributed by atoms with Crippen LogP contribution in [0.5, 0.6) is 0 Å². The third-order valence-electron chi connectivity index (χ3n) is 3.57. The number of aromatic nitrogens is 1. The summed E-state index contributed by atoms with van der Waals surface area (Å²) in [4.78, 5) is 12.3. The van der Waals surface area contributed by atoms with Gasteiger partial charge in [-0.2, -0.15) is 0 Å². The minimum atomic E-state index is -0.0352. The van der Waals surface area contributed by atoms with Gasteiger partial charge in [-0.25, -0.2) is 0 Å². The molecule has 0 bridgehead atoms. The number of pyridine rings is 1. The number of rotatable bonds is 5.